The number of nitrogens with zero attached hydrogens (tertiary/aromatic N) is 5. The number of aliphatic imine (C=N–C) groups is 1. The molecule has 2 aromatic rings. The van der Waals surface area contributed by atoms with Gasteiger partial charge < -0.3 is 5.11 Å². The summed E-state index contributed by atoms with van der Waals surface area (Å²) < 4.78 is 3.18. The summed E-state index contributed by atoms with van der Waals surface area (Å²) in [6.45, 7) is 4.52. The Bertz CT molecular complexity index is 780. The molecule has 110 valence electrons. The first-order chi connectivity index (χ1) is 10.1. The van der Waals surface area contributed by atoms with Crippen molar-refractivity contribution in [2.45, 2.75) is 26.9 Å². The molecule has 0 unspecified atom stereocenters. The summed E-state index contributed by atoms with van der Waals surface area (Å²) in [5, 5.41) is 10.2. The molecule has 0 atom stereocenters. The second kappa shape index (κ2) is 6.40. The maximum atomic E-state index is 12.3. The minimum atomic E-state index is -0.385. The van der Waals surface area contributed by atoms with E-state index in [1.807, 2.05) is 13.8 Å². The van der Waals surface area contributed by atoms with Gasteiger partial charge in [0.1, 0.15) is 5.56 Å². The van der Waals surface area contributed by atoms with Gasteiger partial charge in [0.05, 0.1) is 0 Å². The minimum Gasteiger partial charge on any atom is -0.494 e. The van der Waals surface area contributed by atoms with Crippen molar-refractivity contribution in [1.82, 2.24) is 19.1 Å². The summed E-state index contributed by atoms with van der Waals surface area (Å²) in [6, 6.07) is 1.66. The van der Waals surface area contributed by atoms with Crippen LogP contribution < -0.4 is 5.56 Å². The molecule has 7 nitrogen and oxygen atoms in total. The molecule has 0 aliphatic carbocycles. The van der Waals surface area contributed by atoms with Crippen LogP contribution in [0.15, 0.2) is 28.2 Å². The molecule has 0 aromatic carbocycles. The molecule has 0 spiro atoms. The van der Waals surface area contributed by atoms with Crippen molar-refractivity contribution >= 4 is 24.4 Å². The normalized spacial score (nSPS) is 11.1. The van der Waals surface area contributed by atoms with Crippen LogP contribution in [0.5, 0.6) is 5.88 Å². The summed E-state index contributed by atoms with van der Waals surface area (Å²) in [6.07, 6.45) is 4.35. The third kappa shape index (κ3) is 2.89. The quantitative estimate of drug-likeness (QED) is 0.686. The van der Waals surface area contributed by atoms with Gasteiger partial charge in [-0.25, -0.2) is 15.0 Å². The van der Waals surface area contributed by atoms with Crippen LogP contribution >= 0.6 is 12.2 Å². The van der Waals surface area contributed by atoms with Crippen LogP contribution in [0.1, 0.15) is 19.4 Å². The van der Waals surface area contributed by atoms with Gasteiger partial charge >= 0.3 is 0 Å². The molecule has 8 heteroatoms. The molecular weight excluding hydrogens is 290 g/mol. The summed E-state index contributed by atoms with van der Waals surface area (Å²) in [5.74, 6) is 0.0155. The fourth-order valence-electron chi connectivity index (χ4n) is 1.87. The molecule has 0 amide bonds. The van der Waals surface area contributed by atoms with Gasteiger partial charge in [-0.1, -0.05) is 0 Å². The van der Waals surface area contributed by atoms with E-state index in [-0.39, 0.29) is 27.7 Å². The van der Waals surface area contributed by atoms with Crippen LogP contribution in [-0.4, -0.2) is 30.4 Å². The Balaban J connectivity index is 2.61. The highest BCUT2D eigenvalue weighted by Crippen LogP contribution is 2.13. The molecule has 2 heterocycles. The number of hydrogen-bond donors (Lipinski definition) is 1. The van der Waals surface area contributed by atoms with E-state index in [0.717, 1.165) is 0 Å². The molecule has 21 heavy (non-hydrogen) atoms. The van der Waals surface area contributed by atoms with E-state index in [1.165, 1.54) is 15.3 Å². The maximum absolute atomic E-state index is 12.3. The van der Waals surface area contributed by atoms with Gasteiger partial charge in [0.2, 0.25) is 11.8 Å². The molecule has 2 aromatic heterocycles. The van der Waals surface area contributed by atoms with Crippen LogP contribution in [0, 0.1) is 4.77 Å². The number of aromatic hydroxyl groups is 1. The zero-order valence-corrected chi connectivity index (χ0v) is 12.5. The predicted molar refractivity (Wildman–Crippen MR) is 81.8 cm³/mol. The highest BCUT2D eigenvalue weighted by atomic mass is 32.1. The van der Waals surface area contributed by atoms with Crippen molar-refractivity contribution in [1.29, 1.82) is 0 Å². The second-order valence-electron chi connectivity index (χ2n) is 4.12. The van der Waals surface area contributed by atoms with Crippen molar-refractivity contribution in [2.24, 2.45) is 4.99 Å². The smallest absolute Gasteiger partial charge is 0.267 e. The lowest BCUT2D eigenvalue weighted by atomic mass is 10.3. The lowest BCUT2D eigenvalue weighted by Gasteiger charge is -2.13. The molecule has 0 radical (unpaired) electrons. The minimum absolute atomic E-state index is 0.0692. The van der Waals surface area contributed by atoms with Gasteiger partial charge in [0, 0.05) is 31.7 Å². The van der Waals surface area contributed by atoms with Gasteiger partial charge in [0.25, 0.3) is 5.56 Å². The van der Waals surface area contributed by atoms with Crippen LogP contribution in [0.3, 0.4) is 0 Å². The van der Waals surface area contributed by atoms with E-state index in [1.54, 1.807) is 18.5 Å². The van der Waals surface area contributed by atoms with Crippen molar-refractivity contribution < 1.29 is 5.11 Å². The standard InChI is InChI=1S/C13H15N5O2S/c1-3-17-10(19)9(11(20)18(4-2)13(17)21)8-16-12-14-6-5-7-15-12/h5-8,19H,3-4H2,1-2H3. The lowest BCUT2D eigenvalue weighted by Crippen LogP contribution is -2.27. The highest BCUT2D eigenvalue weighted by Gasteiger charge is 2.13. The van der Waals surface area contributed by atoms with E-state index in [4.69, 9.17) is 12.2 Å². The first-order valence-electron chi connectivity index (χ1n) is 6.47. The van der Waals surface area contributed by atoms with Crippen LogP contribution in [0.2, 0.25) is 0 Å². The van der Waals surface area contributed by atoms with Crippen LogP contribution in [0.4, 0.5) is 5.95 Å². The van der Waals surface area contributed by atoms with E-state index < -0.39 is 0 Å². The van der Waals surface area contributed by atoms with Gasteiger partial charge in [-0.2, -0.15) is 0 Å². The van der Waals surface area contributed by atoms with Gasteiger partial charge in [-0.05, 0) is 32.1 Å². The van der Waals surface area contributed by atoms with Crippen LogP contribution in [-0.2, 0) is 13.1 Å². The van der Waals surface area contributed by atoms with Crippen LogP contribution in [0.25, 0.3) is 0 Å². The third-order valence-corrected chi connectivity index (χ3v) is 3.37. The molecule has 0 aliphatic rings. The van der Waals surface area contributed by atoms with E-state index in [2.05, 4.69) is 15.0 Å². The number of aromatic nitrogens is 4. The maximum Gasteiger partial charge on any atom is 0.267 e. The first kappa shape index (κ1) is 15.0. The third-order valence-electron chi connectivity index (χ3n) is 2.93. The van der Waals surface area contributed by atoms with Gasteiger partial charge in [-0.15, -0.1) is 0 Å². The summed E-state index contributed by atoms with van der Waals surface area (Å²) in [7, 11) is 0. The Hall–Kier alpha value is -2.35. The summed E-state index contributed by atoms with van der Waals surface area (Å²) in [4.78, 5) is 24.2. The lowest BCUT2D eigenvalue weighted by molar-refractivity contribution is 0.399. The molecule has 0 saturated heterocycles. The second-order valence-corrected chi connectivity index (χ2v) is 4.49. The first-order valence-corrected chi connectivity index (χ1v) is 6.88. The topological polar surface area (TPSA) is 85.3 Å². The van der Waals surface area contributed by atoms with Crippen molar-refractivity contribution in [3.63, 3.8) is 0 Å². The fraction of sp³-hybridized carbons (Fsp3) is 0.308. The Morgan fingerprint density at radius 3 is 2.48 bits per heavy atom. The SMILES string of the molecule is CCn1c(O)c(C=Nc2ncccn2)c(=O)n(CC)c1=S. The zero-order chi connectivity index (χ0) is 15.4. The summed E-state index contributed by atoms with van der Waals surface area (Å²) in [5.41, 5.74) is -0.316. The Morgan fingerprint density at radius 1 is 1.29 bits per heavy atom. The average molecular weight is 305 g/mol. The molecule has 2 rings (SSSR count). The Labute approximate surface area is 126 Å². The van der Waals surface area contributed by atoms with Gasteiger partial charge in [0.15, 0.2) is 4.77 Å². The molecule has 0 fully saturated rings. The van der Waals surface area contributed by atoms with Crippen molar-refractivity contribution in [2.75, 3.05) is 0 Å². The van der Waals surface area contributed by atoms with Crippen molar-refractivity contribution in [3.8, 4) is 5.88 Å². The fourth-order valence-corrected chi connectivity index (χ4v) is 2.29. The highest BCUT2D eigenvalue weighted by molar-refractivity contribution is 7.71. The predicted octanol–water partition coefficient (Wildman–Crippen LogP) is 1.67. The largest absolute Gasteiger partial charge is 0.494 e. The zero-order valence-electron chi connectivity index (χ0n) is 11.7. The van der Waals surface area contributed by atoms with E-state index in [0.29, 0.717) is 13.1 Å². The van der Waals surface area contributed by atoms with Gasteiger partial charge in [-0.3, -0.25) is 13.9 Å². The summed E-state index contributed by atoms with van der Waals surface area (Å²) >= 11 is 5.20. The van der Waals surface area contributed by atoms with Crippen molar-refractivity contribution in [3.05, 3.63) is 39.1 Å². The average Bonchev–Trinajstić information content (AvgIpc) is 2.49. The number of rotatable bonds is 4. The Kier molecular flexibility index (Phi) is 4.59. The number of hydrogen-bond acceptors (Lipinski definition) is 6. The monoisotopic (exact) mass is 305 g/mol. The van der Waals surface area contributed by atoms with E-state index >= 15 is 0 Å². The molecule has 0 bridgehead atoms. The Morgan fingerprint density at radius 2 is 1.90 bits per heavy atom. The molecular formula is C13H15N5O2S. The molecule has 0 aliphatic heterocycles. The molecule has 0 saturated carbocycles. The molecule has 1 N–H and O–H groups in total. The van der Waals surface area contributed by atoms with E-state index in [9.17, 15) is 9.90 Å².